The number of fused-ring (bicyclic) bond motifs is 1. The summed E-state index contributed by atoms with van der Waals surface area (Å²) in [6.45, 7) is 2.13. The van der Waals surface area contributed by atoms with Gasteiger partial charge in [-0.25, -0.2) is 4.79 Å². The molecule has 0 saturated heterocycles. The Morgan fingerprint density at radius 2 is 1.93 bits per heavy atom. The van der Waals surface area contributed by atoms with Crippen LogP contribution in [0, 0.1) is 17.0 Å². The van der Waals surface area contributed by atoms with Gasteiger partial charge in [-0.1, -0.05) is 12.1 Å². The Bertz CT molecular complexity index is 985. The Hall–Kier alpha value is -3.88. The summed E-state index contributed by atoms with van der Waals surface area (Å²) in [6.07, 6.45) is 2.72. The second-order valence-electron chi connectivity index (χ2n) is 6.15. The van der Waals surface area contributed by atoms with Crippen molar-refractivity contribution in [3.05, 3.63) is 63.7 Å². The zero-order chi connectivity index (χ0) is 20.8. The minimum Gasteiger partial charge on any atom is -0.486 e. The Labute approximate surface area is 166 Å². The second-order valence-corrected chi connectivity index (χ2v) is 6.15. The van der Waals surface area contributed by atoms with Crippen LogP contribution >= 0.6 is 0 Å². The molecule has 150 valence electrons. The first kappa shape index (κ1) is 19.9. The predicted molar refractivity (Wildman–Crippen MR) is 104 cm³/mol. The Morgan fingerprint density at radius 1 is 1.17 bits per heavy atom. The van der Waals surface area contributed by atoms with E-state index < -0.39 is 23.4 Å². The number of hydrogen-bond donors (Lipinski definition) is 1. The second kappa shape index (κ2) is 8.87. The van der Waals surface area contributed by atoms with E-state index in [2.05, 4.69) is 5.32 Å². The van der Waals surface area contributed by atoms with Crippen LogP contribution in [-0.4, -0.2) is 36.6 Å². The molecule has 1 aliphatic rings. The fourth-order valence-corrected chi connectivity index (χ4v) is 2.56. The minimum absolute atomic E-state index is 0.148. The van der Waals surface area contributed by atoms with Gasteiger partial charge in [0.15, 0.2) is 18.1 Å². The van der Waals surface area contributed by atoms with Crippen LogP contribution in [0.5, 0.6) is 11.5 Å². The molecule has 0 spiro atoms. The van der Waals surface area contributed by atoms with E-state index in [1.54, 1.807) is 25.1 Å². The van der Waals surface area contributed by atoms with E-state index in [1.807, 2.05) is 0 Å². The van der Waals surface area contributed by atoms with E-state index in [9.17, 15) is 19.7 Å². The maximum atomic E-state index is 12.0. The number of nitrogens with zero attached hydrogens (tertiary/aromatic N) is 1. The number of aryl methyl sites for hydroxylation is 1. The third-order valence-corrected chi connectivity index (χ3v) is 4.03. The summed E-state index contributed by atoms with van der Waals surface area (Å²) in [6, 6.07) is 9.35. The number of non-ortho nitro benzene ring substituents is 1. The molecule has 0 saturated carbocycles. The topological polar surface area (TPSA) is 117 Å². The number of benzene rings is 2. The van der Waals surface area contributed by atoms with Gasteiger partial charge in [0.2, 0.25) is 0 Å². The lowest BCUT2D eigenvalue weighted by Gasteiger charge is -2.18. The number of carbonyl (C=O) groups is 2. The highest BCUT2D eigenvalue weighted by atomic mass is 16.6. The third kappa shape index (κ3) is 5.32. The molecule has 0 unspecified atom stereocenters. The number of nitro groups is 1. The molecular weight excluding hydrogens is 380 g/mol. The predicted octanol–water partition coefficient (Wildman–Crippen LogP) is 2.87. The summed E-state index contributed by atoms with van der Waals surface area (Å²) < 4.78 is 15.8. The largest absolute Gasteiger partial charge is 0.486 e. The molecule has 0 fully saturated rings. The highest BCUT2D eigenvalue weighted by molar-refractivity contribution is 5.95. The summed E-state index contributed by atoms with van der Waals surface area (Å²) in [5, 5.41) is 13.3. The molecule has 0 atom stereocenters. The van der Waals surface area contributed by atoms with Gasteiger partial charge in [0.05, 0.1) is 10.6 Å². The van der Waals surface area contributed by atoms with Crippen molar-refractivity contribution < 1.29 is 28.7 Å². The van der Waals surface area contributed by atoms with Gasteiger partial charge in [-0.2, -0.15) is 0 Å². The summed E-state index contributed by atoms with van der Waals surface area (Å²) in [5.74, 6) is -0.0666. The van der Waals surface area contributed by atoms with Crippen molar-refractivity contribution in [2.75, 3.05) is 25.1 Å². The average Bonchev–Trinajstić information content (AvgIpc) is 2.72. The van der Waals surface area contributed by atoms with Gasteiger partial charge in [0, 0.05) is 18.2 Å². The molecular formula is C20H18N2O7. The smallest absolute Gasteiger partial charge is 0.331 e. The molecule has 1 N–H and O–H groups in total. The average molecular weight is 398 g/mol. The lowest BCUT2D eigenvalue weighted by atomic mass is 10.2. The highest BCUT2D eigenvalue weighted by Crippen LogP contribution is 2.31. The van der Waals surface area contributed by atoms with Crippen molar-refractivity contribution in [3.8, 4) is 11.5 Å². The molecule has 1 heterocycles. The first-order valence-corrected chi connectivity index (χ1v) is 8.72. The number of nitrogens with one attached hydrogen (secondary N) is 1. The van der Waals surface area contributed by atoms with Crippen LogP contribution in [-0.2, 0) is 14.3 Å². The van der Waals surface area contributed by atoms with E-state index in [1.165, 1.54) is 30.4 Å². The SMILES string of the molecule is Cc1ccc([N+](=O)[O-])cc1NC(=O)COC(=O)/C=C/c1ccc2c(c1)OCCO2. The normalized spacial score (nSPS) is 12.4. The maximum absolute atomic E-state index is 12.0. The number of carbonyl (C=O) groups excluding carboxylic acids is 2. The van der Waals surface area contributed by atoms with E-state index in [0.29, 0.717) is 35.8 Å². The standard InChI is InChI=1S/C20H18N2O7/c1-13-2-5-15(22(25)26)11-16(13)21-19(23)12-29-20(24)7-4-14-3-6-17-18(10-14)28-9-8-27-17/h2-7,10-11H,8-9,12H2,1H3,(H,21,23)/b7-4+. The lowest BCUT2D eigenvalue weighted by Crippen LogP contribution is -2.20. The Kier molecular flexibility index (Phi) is 6.08. The molecule has 1 aliphatic heterocycles. The number of anilines is 1. The fourth-order valence-electron chi connectivity index (χ4n) is 2.56. The number of hydrogen-bond acceptors (Lipinski definition) is 7. The summed E-state index contributed by atoms with van der Waals surface area (Å²) in [5.41, 5.74) is 1.49. The molecule has 2 aromatic rings. The number of ether oxygens (including phenoxy) is 3. The van der Waals surface area contributed by atoms with Gasteiger partial charge in [-0.3, -0.25) is 14.9 Å². The summed E-state index contributed by atoms with van der Waals surface area (Å²) >= 11 is 0. The third-order valence-electron chi connectivity index (χ3n) is 4.03. The van der Waals surface area contributed by atoms with E-state index >= 15 is 0 Å². The first-order chi connectivity index (χ1) is 13.9. The van der Waals surface area contributed by atoms with Gasteiger partial charge in [-0.15, -0.1) is 0 Å². The van der Waals surface area contributed by atoms with Crippen molar-refractivity contribution >= 4 is 29.3 Å². The minimum atomic E-state index is -0.703. The molecule has 9 nitrogen and oxygen atoms in total. The van der Waals surface area contributed by atoms with Gasteiger partial charge >= 0.3 is 5.97 Å². The van der Waals surface area contributed by atoms with Crippen molar-refractivity contribution in [1.29, 1.82) is 0 Å². The quantitative estimate of drug-likeness (QED) is 0.344. The van der Waals surface area contributed by atoms with Crippen LogP contribution in [0.1, 0.15) is 11.1 Å². The van der Waals surface area contributed by atoms with Gasteiger partial charge in [-0.05, 0) is 36.3 Å². The summed E-state index contributed by atoms with van der Waals surface area (Å²) in [4.78, 5) is 34.1. The van der Waals surface area contributed by atoms with Crippen molar-refractivity contribution in [2.45, 2.75) is 6.92 Å². The van der Waals surface area contributed by atoms with Gasteiger partial charge in [0.1, 0.15) is 13.2 Å². The van der Waals surface area contributed by atoms with Crippen LogP contribution in [0.2, 0.25) is 0 Å². The molecule has 0 radical (unpaired) electrons. The molecule has 0 aliphatic carbocycles. The number of rotatable bonds is 6. The van der Waals surface area contributed by atoms with E-state index in [4.69, 9.17) is 14.2 Å². The maximum Gasteiger partial charge on any atom is 0.331 e. The van der Waals surface area contributed by atoms with Crippen molar-refractivity contribution in [1.82, 2.24) is 0 Å². The molecule has 2 aromatic carbocycles. The monoisotopic (exact) mass is 398 g/mol. The summed E-state index contributed by atoms with van der Waals surface area (Å²) in [7, 11) is 0. The Morgan fingerprint density at radius 3 is 2.69 bits per heavy atom. The number of esters is 1. The van der Waals surface area contributed by atoms with Crippen LogP contribution in [0.15, 0.2) is 42.5 Å². The van der Waals surface area contributed by atoms with Crippen LogP contribution in [0.3, 0.4) is 0 Å². The van der Waals surface area contributed by atoms with Gasteiger partial charge in [0.25, 0.3) is 11.6 Å². The van der Waals surface area contributed by atoms with Crippen LogP contribution in [0.4, 0.5) is 11.4 Å². The lowest BCUT2D eigenvalue weighted by molar-refractivity contribution is -0.384. The van der Waals surface area contributed by atoms with Crippen LogP contribution in [0.25, 0.3) is 6.08 Å². The molecule has 0 bridgehead atoms. The first-order valence-electron chi connectivity index (χ1n) is 8.72. The number of amides is 1. The molecule has 29 heavy (non-hydrogen) atoms. The molecule has 3 rings (SSSR count). The van der Waals surface area contributed by atoms with Crippen molar-refractivity contribution in [3.63, 3.8) is 0 Å². The van der Waals surface area contributed by atoms with Crippen LogP contribution < -0.4 is 14.8 Å². The van der Waals surface area contributed by atoms with Crippen molar-refractivity contribution in [2.24, 2.45) is 0 Å². The molecule has 0 aromatic heterocycles. The Balaban J connectivity index is 1.53. The number of nitro benzene ring substituents is 1. The zero-order valence-corrected chi connectivity index (χ0v) is 15.5. The highest BCUT2D eigenvalue weighted by Gasteiger charge is 2.13. The fraction of sp³-hybridized carbons (Fsp3) is 0.200. The molecule has 9 heteroatoms. The van der Waals surface area contributed by atoms with E-state index in [0.717, 1.165) is 0 Å². The van der Waals surface area contributed by atoms with Gasteiger partial charge < -0.3 is 19.5 Å². The molecule has 1 amide bonds. The zero-order valence-electron chi connectivity index (χ0n) is 15.5. The van der Waals surface area contributed by atoms with E-state index in [-0.39, 0.29) is 11.4 Å².